The topological polar surface area (TPSA) is 80.9 Å². The molecular weight excluding hydrogens is 282 g/mol. The number of unbranched alkanes of at least 4 members (excludes halogenated alkanes) is 1. The maximum absolute atomic E-state index is 10.4. The van der Waals surface area contributed by atoms with Crippen LogP contribution in [-0.2, 0) is 4.79 Å². The fraction of sp³-hybridized carbons (Fsp3) is 0.538. The molecule has 20 heavy (non-hydrogen) atoms. The SMILES string of the molecule is O=C(O)CCCOc1cccn(OCCCCO)c1=S. The average Bonchev–Trinajstić information content (AvgIpc) is 2.42. The Kier molecular flexibility index (Phi) is 7.67. The molecule has 1 aromatic rings. The second kappa shape index (κ2) is 9.33. The first kappa shape index (κ1) is 16.5. The molecule has 0 unspecified atom stereocenters. The summed E-state index contributed by atoms with van der Waals surface area (Å²) in [7, 11) is 0. The van der Waals surface area contributed by atoms with Gasteiger partial charge in [-0.05, 0) is 31.4 Å². The lowest BCUT2D eigenvalue weighted by atomic mass is 10.3. The Balaban J connectivity index is 2.47. The summed E-state index contributed by atoms with van der Waals surface area (Å²) in [5.74, 6) is -0.349. The van der Waals surface area contributed by atoms with Crippen molar-refractivity contribution >= 4 is 18.2 Å². The predicted molar refractivity (Wildman–Crippen MR) is 75.4 cm³/mol. The lowest BCUT2D eigenvalue weighted by Gasteiger charge is -2.12. The Labute approximate surface area is 122 Å². The summed E-state index contributed by atoms with van der Waals surface area (Å²) >= 11 is 5.22. The second-order valence-electron chi connectivity index (χ2n) is 4.11. The van der Waals surface area contributed by atoms with E-state index in [1.807, 2.05) is 0 Å². The Morgan fingerprint density at radius 2 is 2.10 bits per heavy atom. The third kappa shape index (κ3) is 6.03. The summed E-state index contributed by atoms with van der Waals surface area (Å²) in [4.78, 5) is 15.8. The van der Waals surface area contributed by atoms with Crippen molar-refractivity contribution in [3.63, 3.8) is 0 Å². The van der Waals surface area contributed by atoms with Crippen LogP contribution in [0, 0.1) is 4.64 Å². The summed E-state index contributed by atoms with van der Waals surface area (Å²) in [6.45, 7) is 0.892. The van der Waals surface area contributed by atoms with Gasteiger partial charge < -0.3 is 19.8 Å². The maximum atomic E-state index is 10.4. The number of hydrogen-bond donors (Lipinski definition) is 2. The number of rotatable bonds is 10. The molecule has 0 radical (unpaired) electrons. The van der Waals surface area contributed by atoms with Gasteiger partial charge in [0.2, 0.25) is 0 Å². The molecular formula is C13H19NO5S. The van der Waals surface area contributed by atoms with Gasteiger partial charge in [-0.25, -0.2) is 0 Å². The van der Waals surface area contributed by atoms with Gasteiger partial charge in [0.25, 0.3) is 0 Å². The number of ether oxygens (including phenoxy) is 1. The van der Waals surface area contributed by atoms with Crippen LogP contribution >= 0.6 is 12.2 Å². The number of nitrogens with zero attached hydrogens (tertiary/aromatic N) is 1. The van der Waals surface area contributed by atoms with Gasteiger partial charge in [-0.2, -0.15) is 4.73 Å². The maximum Gasteiger partial charge on any atom is 0.303 e. The zero-order valence-corrected chi connectivity index (χ0v) is 12.0. The highest BCUT2D eigenvalue weighted by Gasteiger charge is 2.03. The number of aliphatic hydroxyl groups is 1. The van der Waals surface area contributed by atoms with Gasteiger partial charge >= 0.3 is 5.97 Å². The van der Waals surface area contributed by atoms with Crippen molar-refractivity contribution in [3.8, 4) is 5.75 Å². The molecule has 112 valence electrons. The highest BCUT2D eigenvalue weighted by Crippen LogP contribution is 2.13. The summed E-state index contributed by atoms with van der Waals surface area (Å²) in [6.07, 6.45) is 3.60. The van der Waals surface area contributed by atoms with E-state index in [-0.39, 0.29) is 13.0 Å². The number of aliphatic carboxylic acids is 1. The van der Waals surface area contributed by atoms with E-state index in [1.165, 1.54) is 4.73 Å². The van der Waals surface area contributed by atoms with Gasteiger partial charge in [0.1, 0.15) is 6.61 Å². The summed E-state index contributed by atoms with van der Waals surface area (Å²) in [5.41, 5.74) is 0. The molecule has 0 atom stereocenters. The molecule has 0 spiro atoms. The van der Waals surface area contributed by atoms with Crippen molar-refractivity contribution in [1.82, 2.24) is 4.73 Å². The molecule has 0 aliphatic rings. The first-order chi connectivity index (χ1) is 9.65. The normalized spacial score (nSPS) is 10.2. The molecule has 0 saturated carbocycles. The Morgan fingerprint density at radius 1 is 1.30 bits per heavy atom. The van der Waals surface area contributed by atoms with Crippen LogP contribution in [-0.4, -0.2) is 40.7 Å². The zero-order valence-electron chi connectivity index (χ0n) is 11.2. The van der Waals surface area contributed by atoms with Gasteiger partial charge in [0, 0.05) is 19.2 Å². The van der Waals surface area contributed by atoms with E-state index >= 15 is 0 Å². The summed E-state index contributed by atoms with van der Waals surface area (Å²) < 4.78 is 7.30. The number of carboxylic acid groups (broad SMARTS) is 1. The molecule has 1 aromatic heterocycles. The molecule has 0 aliphatic carbocycles. The fourth-order valence-electron chi connectivity index (χ4n) is 1.45. The Morgan fingerprint density at radius 3 is 2.80 bits per heavy atom. The van der Waals surface area contributed by atoms with Crippen LogP contribution in [0.2, 0.25) is 0 Å². The highest BCUT2D eigenvalue weighted by atomic mass is 32.1. The van der Waals surface area contributed by atoms with Crippen molar-refractivity contribution in [3.05, 3.63) is 23.0 Å². The molecule has 0 aromatic carbocycles. The Hall–Kier alpha value is -1.60. The number of carbonyl (C=O) groups is 1. The van der Waals surface area contributed by atoms with Crippen molar-refractivity contribution in [2.45, 2.75) is 25.7 Å². The quantitative estimate of drug-likeness (QED) is 0.505. The lowest BCUT2D eigenvalue weighted by molar-refractivity contribution is -0.137. The van der Waals surface area contributed by atoms with Crippen LogP contribution in [0.3, 0.4) is 0 Å². The van der Waals surface area contributed by atoms with Crippen LogP contribution in [0.1, 0.15) is 25.7 Å². The largest absolute Gasteiger partial charge is 0.490 e. The highest BCUT2D eigenvalue weighted by molar-refractivity contribution is 7.71. The van der Waals surface area contributed by atoms with Gasteiger partial charge in [-0.1, -0.05) is 12.2 Å². The van der Waals surface area contributed by atoms with Gasteiger partial charge in [0.05, 0.1) is 6.61 Å². The van der Waals surface area contributed by atoms with E-state index in [0.29, 0.717) is 36.4 Å². The first-order valence-electron chi connectivity index (χ1n) is 6.45. The minimum Gasteiger partial charge on any atom is -0.490 e. The molecule has 2 N–H and O–H groups in total. The van der Waals surface area contributed by atoms with E-state index in [2.05, 4.69) is 0 Å². The molecule has 6 nitrogen and oxygen atoms in total. The summed E-state index contributed by atoms with van der Waals surface area (Å²) in [5, 5.41) is 17.2. The zero-order chi connectivity index (χ0) is 14.8. The van der Waals surface area contributed by atoms with E-state index in [4.69, 9.17) is 32.0 Å². The van der Waals surface area contributed by atoms with E-state index in [1.54, 1.807) is 18.3 Å². The fourth-order valence-corrected chi connectivity index (χ4v) is 1.69. The molecule has 0 amide bonds. The van der Waals surface area contributed by atoms with Gasteiger partial charge in [-0.15, -0.1) is 0 Å². The average molecular weight is 301 g/mol. The van der Waals surface area contributed by atoms with Crippen molar-refractivity contribution in [1.29, 1.82) is 0 Å². The lowest BCUT2D eigenvalue weighted by Crippen LogP contribution is -2.15. The van der Waals surface area contributed by atoms with E-state index in [9.17, 15) is 4.79 Å². The molecule has 0 aliphatic heterocycles. The van der Waals surface area contributed by atoms with E-state index < -0.39 is 5.97 Å². The molecule has 1 heterocycles. The van der Waals surface area contributed by atoms with E-state index in [0.717, 1.165) is 6.42 Å². The number of pyridine rings is 1. The number of hydrogen-bond acceptors (Lipinski definition) is 5. The third-order valence-corrected chi connectivity index (χ3v) is 2.84. The smallest absolute Gasteiger partial charge is 0.303 e. The number of aliphatic hydroxyl groups excluding tert-OH is 1. The molecule has 1 rings (SSSR count). The standard InChI is InChI=1S/C13H19NO5S/c15-8-1-2-10-19-14-7-3-5-11(13(14)20)18-9-4-6-12(16)17/h3,5,7,15H,1-2,4,6,8-10H2,(H,16,17). The van der Waals surface area contributed by atoms with Crippen LogP contribution < -0.4 is 9.57 Å². The van der Waals surface area contributed by atoms with Crippen LogP contribution in [0.25, 0.3) is 0 Å². The molecule has 7 heteroatoms. The van der Waals surface area contributed by atoms with Crippen LogP contribution in [0.5, 0.6) is 5.75 Å². The predicted octanol–water partition coefficient (Wildman–Crippen LogP) is 1.66. The number of carboxylic acids is 1. The second-order valence-corrected chi connectivity index (χ2v) is 4.50. The first-order valence-corrected chi connectivity index (χ1v) is 6.86. The summed E-state index contributed by atoms with van der Waals surface area (Å²) in [6, 6.07) is 3.46. The molecule has 0 bridgehead atoms. The molecule has 0 saturated heterocycles. The van der Waals surface area contributed by atoms with Gasteiger partial charge in [-0.3, -0.25) is 4.79 Å². The van der Waals surface area contributed by atoms with Crippen molar-refractivity contribution in [2.24, 2.45) is 0 Å². The van der Waals surface area contributed by atoms with Crippen molar-refractivity contribution in [2.75, 3.05) is 19.8 Å². The molecule has 0 fully saturated rings. The van der Waals surface area contributed by atoms with Crippen LogP contribution in [0.15, 0.2) is 18.3 Å². The van der Waals surface area contributed by atoms with Crippen LogP contribution in [0.4, 0.5) is 0 Å². The third-order valence-electron chi connectivity index (χ3n) is 2.46. The minimum atomic E-state index is -0.845. The Bertz CT molecular complexity index is 474. The van der Waals surface area contributed by atoms with Crippen molar-refractivity contribution < 1.29 is 24.6 Å². The monoisotopic (exact) mass is 301 g/mol. The minimum absolute atomic E-state index is 0.0667. The van der Waals surface area contributed by atoms with Gasteiger partial charge in [0.15, 0.2) is 10.4 Å². The number of aromatic nitrogens is 1.